The van der Waals surface area contributed by atoms with Gasteiger partial charge in [0.25, 0.3) is 0 Å². The smallest absolute Gasteiger partial charge is 0.238 e. The van der Waals surface area contributed by atoms with Gasteiger partial charge in [-0.1, -0.05) is 50.9 Å². The Morgan fingerprint density at radius 3 is 2.78 bits per heavy atom. The Balaban J connectivity index is 1.96. The topological polar surface area (TPSA) is 67.8 Å². The van der Waals surface area contributed by atoms with Crippen LogP contribution in [0.3, 0.4) is 0 Å². The second-order valence-corrected chi connectivity index (χ2v) is 8.43. The van der Waals surface area contributed by atoms with Crippen LogP contribution in [-0.2, 0) is 14.9 Å². The number of methoxy groups -OCH3 is 1. The van der Waals surface area contributed by atoms with E-state index in [1.54, 1.807) is 13.2 Å². The fourth-order valence-corrected chi connectivity index (χ4v) is 5.26. The van der Waals surface area contributed by atoms with Crippen LogP contribution >= 0.6 is 27.5 Å². The van der Waals surface area contributed by atoms with Crippen molar-refractivity contribution >= 4 is 39.1 Å². The summed E-state index contributed by atoms with van der Waals surface area (Å²) in [6.07, 6.45) is 0.396. The summed E-state index contributed by atoms with van der Waals surface area (Å²) in [6, 6.07) is 12.8. The highest BCUT2D eigenvalue weighted by molar-refractivity contribution is 9.10. The number of benzene rings is 2. The van der Waals surface area contributed by atoms with Crippen molar-refractivity contribution in [2.45, 2.75) is 36.3 Å². The number of hydrogen-bond donors (Lipinski definition) is 1. The number of anilines is 1. The lowest BCUT2D eigenvalue weighted by atomic mass is 9.58. The third-order valence-electron chi connectivity index (χ3n) is 5.79. The molecule has 0 aromatic heterocycles. The standard InChI is InChI=1S/C20H18BrClN2O3/c1-27-18-10-14(24-26)9-16(11-3-2-4-13(22)7-11)20(18)15-6-5-12(21)8-17(15)23-19(20)25/h2-8,14,16,18H,9-10H2,1H3,(H,23,25)/t14?,16-,18-,20-/m0/s1. The van der Waals surface area contributed by atoms with Crippen molar-refractivity contribution < 1.29 is 9.53 Å². The van der Waals surface area contributed by atoms with Gasteiger partial charge in [0.2, 0.25) is 5.91 Å². The Kier molecular flexibility index (Phi) is 4.82. The van der Waals surface area contributed by atoms with E-state index >= 15 is 0 Å². The highest BCUT2D eigenvalue weighted by atomic mass is 79.9. The second kappa shape index (κ2) is 7.00. The minimum atomic E-state index is -0.934. The zero-order valence-electron chi connectivity index (χ0n) is 14.6. The molecule has 1 aliphatic carbocycles. The molecule has 2 aliphatic rings. The molecule has 27 heavy (non-hydrogen) atoms. The predicted molar refractivity (Wildman–Crippen MR) is 108 cm³/mol. The molecule has 4 atom stereocenters. The molecule has 1 fully saturated rings. The summed E-state index contributed by atoms with van der Waals surface area (Å²) in [4.78, 5) is 24.8. The zero-order chi connectivity index (χ0) is 19.2. The maximum atomic E-state index is 13.4. The molecule has 0 bridgehead atoms. The van der Waals surface area contributed by atoms with Gasteiger partial charge in [0.15, 0.2) is 0 Å². The monoisotopic (exact) mass is 448 g/mol. The van der Waals surface area contributed by atoms with Crippen molar-refractivity contribution in [1.29, 1.82) is 0 Å². The normalized spacial score (nSPS) is 29.4. The van der Waals surface area contributed by atoms with Gasteiger partial charge in [-0.15, -0.1) is 0 Å². The molecule has 1 heterocycles. The number of carbonyl (C=O) groups excluding carboxylic acids is 1. The molecular weight excluding hydrogens is 432 g/mol. The fraction of sp³-hybridized carbons (Fsp3) is 0.350. The molecule has 1 aliphatic heterocycles. The average Bonchev–Trinajstić information content (AvgIpc) is 2.94. The van der Waals surface area contributed by atoms with Crippen LogP contribution in [0.1, 0.15) is 29.9 Å². The Bertz CT molecular complexity index is 922. The number of rotatable bonds is 3. The molecule has 1 unspecified atom stereocenters. The minimum absolute atomic E-state index is 0.114. The van der Waals surface area contributed by atoms with E-state index in [0.29, 0.717) is 17.9 Å². The van der Waals surface area contributed by atoms with Crippen molar-refractivity contribution in [3.8, 4) is 0 Å². The van der Waals surface area contributed by atoms with Crippen molar-refractivity contribution in [3.05, 3.63) is 68.0 Å². The highest BCUT2D eigenvalue weighted by Gasteiger charge is 2.61. The molecule has 1 spiro atoms. The summed E-state index contributed by atoms with van der Waals surface area (Å²) in [5.41, 5.74) is 1.62. The van der Waals surface area contributed by atoms with Gasteiger partial charge in [-0.05, 0) is 41.8 Å². The molecule has 4 rings (SSSR count). The Morgan fingerprint density at radius 2 is 2.07 bits per heavy atom. The molecule has 5 nitrogen and oxygen atoms in total. The van der Waals surface area contributed by atoms with Crippen LogP contribution < -0.4 is 5.32 Å². The maximum absolute atomic E-state index is 13.4. The van der Waals surface area contributed by atoms with Crippen molar-refractivity contribution in [3.63, 3.8) is 0 Å². The van der Waals surface area contributed by atoms with Gasteiger partial charge in [-0.3, -0.25) is 4.79 Å². The molecule has 1 amide bonds. The summed E-state index contributed by atoms with van der Waals surface area (Å²) in [7, 11) is 1.58. The Morgan fingerprint density at radius 1 is 1.26 bits per heavy atom. The number of ether oxygens (including phenoxy) is 1. The van der Waals surface area contributed by atoms with Crippen molar-refractivity contribution in [2.24, 2.45) is 5.18 Å². The molecule has 140 valence electrons. The van der Waals surface area contributed by atoms with E-state index in [0.717, 1.165) is 21.3 Å². The van der Waals surface area contributed by atoms with Crippen LogP contribution in [0.4, 0.5) is 5.69 Å². The molecule has 2 aromatic rings. The van der Waals surface area contributed by atoms with Gasteiger partial charge in [-0.25, -0.2) is 0 Å². The highest BCUT2D eigenvalue weighted by Crippen LogP contribution is 2.56. The third-order valence-corrected chi connectivity index (χ3v) is 6.52. The largest absolute Gasteiger partial charge is 0.380 e. The molecule has 0 radical (unpaired) electrons. The number of hydrogen-bond acceptors (Lipinski definition) is 4. The number of carbonyl (C=O) groups is 1. The van der Waals surface area contributed by atoms with Gasteiger partial charge >= 0.3 is 0 Å². The van der Waals surface area contributed by atoms with Crippen molar-refractivity contribution in [2.75, 3.05) is 12.4 Å². The summed E-state index contributed by atoms with van der Waals surface area (Å²) in [5.74, 6) is -0.392. The summed E-state index contributed by atoms with van der Waals surface area (Å²) < 4.78 is 6.68. The van der Waals surface area contributed by atoms with E-state index < -0.39 is 17.6 Å². The first kappa shape index (κ1) is 18.6. The van der Waals surface area contributed by atoms with Crippen LogP contribution in [0.25, 0.3) is 0 Å². The van der Waals surface area contributed by atoms with Gasteiger partial charge in [0.1, 0.15) is 5.41 Å². The van der Waals surface area contributed by atoms with Gasteiger partial charge in [0, 0.05) is 34.6 Å². The second-order valence-electron chi connectivity index (χ2n) is 7.08. The van der Waals surface area contributed by atoms with E-state index in [1.165, 1.54) is 0 Å². The van der Waals surface area contributed by atoms with Crippen molar-refractivity contribution in [1.82, 2.24) is 0 Å². The molecule has 2 aromatic carbocycles. The van der Waals surface area contributed by atoms with Gasteiger partial charge in [0.05, 0.1) is 12.1 Å². The van der Waals surface area contributed by atoms with E-state index in [2.05, 4.69) is 26.4 Å². The van der Waals surface area contributed by atoms with Crippen LogP contribution in [0.5, 0.6) is 0 Å². The quantitative estimate of drug-likeness (QED) is 0.669. The summed E-state index contributed by atoms with van der Waals surface area (Å²) >= 11 is 9.70. The van der Waals surface area contributed by atoms with Gasteiger partial charge in [-0.2, -0.15) is 4.91 Å². The minimum Gasteiger partial charge on any atom is -0.380 e. The van der Waals surface area contributed by atoms with Crippen LogP contribution in [0, 0.1) is 4.91 Å². The van der Waals surface area contributed by atoms with E-state index in [4.69, 9.17) is 16.3 Å². The maximum Gasteiger partial charge on any atom is 0.238 e. The fourth-order valence-electron chi connectivity index (χ4n) is 4.70. The summed E-state index contributed by atoms with van der Waals surface area (Å²) in [5, 5.41) is 6.90. The van der Waals surface area contributed by atoms with Crippen LogP contribution in [-0.4, -0.2) is 25.2 Å². The Labute approximate surface area is 170 Å². The molecule has 7 heteroatoms. The van der Waals surface area contributed by atoms with E-state index in [-0.39, 0.29) is 11.8 Å². The van der Waals surface area contributed by atoms with Crippen LogP contribution in [0.2, 0.25) is 5.02 Å². The number of fused-ring (bicyclic) bond motifs is 2. The first-order valence-corrected chi connectivity index (χ1v) is 9.90. The molecule has 1 N–H and O–H groups in total. The van der Waals surface area contributed by atoms with Crippen LogP contribution in [0.15, 0.2) is 52.1 Å². The number of nitrogens with one attached hydrogen (secondary N) is 1. The number of halogens is 2. The molecule has 1 saturated carbocycles. The SMILES string of the molecule is CO[C@H]1CC(N=O)C[C@@H](c2cccc(Cl)c2)[C@]12C(=O)Nc1cc(Br)ccc12. The Hall–Kier alpha value is -1.76. The lowest BCUT2D eigenvalue weighted by molar-refractivity contribution is -0.130. The lowest BCUT2D eigenvalue weighted by Gasteiger charge is -2.46. The summed E-state index contributed by atoms with van der Waals surface area (Å²) in [6.45, 7) is 0. The average molecular weight is 450 g/mol. The number of nitroso groups, excluding NO2 is 1. The van der Waals surface area contributed by atoms with E-state index in [9.17, 15) is 9.70 Å². The third kappa shape index (κ3) is 2.82. The number of nitrogens with zero attached hydrogens (tertiary/aromatic N) is 1. The predicted octanol–water partition coefficient (Wildman–Crippen LogP) is 5.02. The van der Waals surface area contributed by atoms with Gasteiger partial charge < -0.3 is 10.1 Å². The zero-order valence-corrected chi connectivity index (χ0v) is 17.0. The van der Waals surface area contributed by atoms with E-state index in [1.807, 2.05) is 36.4 Å². The first-order valence-electron chi connectivity index (χ1n) is 8.73. The molecular formula is C20H18BrClN2O3. The number of amides is 1. The molecule has 0 saturated heterocycles. The lowest BCUT2D eigenvalue weighted by Crippen LogP contribution is -2.55. The first-order chi connectivity index (χ1) is 13.0.